The first-order chi connectivity index (χ1) is 9.67. The van der Waals surface area contributed by atoms with Crippen molar-refractivity contribution in [3.8, 4) is 0 Å². The Morgan fingerprint density at radius 1 is 1.57 bits per heavy atom. The molecule has 2 heterocycles. The van der Waals surface area contributed by atoms with E-state index in [9.17, 15) is 14.2 Å². The van der Waals surface area contributed by atoms with Crippen LogP contribution >= 0.6 is 20.5 Å². The first-order valence-electron chi connectivity index (χ1n) is 6.03. The maximum absolute atomic E-state index is 11.8. The molecule has 0 spiro atoms. The van der Waals surface area contributed by atoms with Gasteiger partial charge in [0.15, 0.2) is 0 Å². The normalized spacial score (nSPS) is 26.2. The van der Waals surface area contributed by atoms with Crippen LogP contribution in [0.3, 0.4) is 0 Å². The molecular weight excluding hydrogens is 323 g/mol. The third kappa shape index (κ3) is 4.06. The molecular formula is C10H15N2O7PS. The van der Waals surface area contributed by atoms with Crippen molar-refractivity contribution in [2.45, 2.75) is 30.9 Å². The Balaban J connectivity index is 2.14. The Labute approximate surface area is 124 Å². The van der Waals surface area contributed by atoms with Crippen LogP contribution < -0.4 is 11.2 Å². The van der Waals surface area contributed by atoms with Gasteiger partial charge in [-0.15, -0.1) is 0 Å². The number of ether oxygens (including phenoxy) is 1. The minimum absolute atomic E-state index is 0.337. The number of phosphoric ester groups is 1. The number of hydrogen-bond acceptors (Lipinski definition) is 6. The van der Waals surface area contributed by atoms with Gasteiger partial charge in [0.25, 0.3) is 5.56 Å². The van der Waals surface area contributed by atoms with E-state index < -0.39 is 31.4 Å². The van der Waals surface area contributed by atoms with Crippen molar-refractivity contribution in [1.29, 1.82) is 0 Å². The molecule has 0 unspecified atom stereocenters. The molecule has 0 bridgehead atoms. The predicted octanol–water partition coefficient (Wildman–Crippen LogP) is -0.460. The Bertz CT molecular complexity index is 681. The second-order valence-corrected chi connectivity index (χ2v) is 6.60. The molecule has 11 heteroatoms. The topological polar surface area (TPSA) is 131 Å². The Hall–Kier alpha value is -0.900. The highest BCUT2D eigenvalue weighted by Crippen LogP contribution is 2.39. The summed E-state index contributed by atoms with van der Waals surface area (Å²) in [6.07, 6.45) is 0.355. The summed E-state index contributed by atoms with van der Waals surface area (Å²) < 4.78 is 21.8. The number of nitrogens with zero attached hydrogens (tertiary/aromatic N) is 1. The number of aromatic nitrogens is 2. The third-order valence-electron chi connectivity index (χ3n) is 3.07. The van der Waals surface area contributed by atoms with Gasteiger partial charge in [-0.25, -0.2) is 9.36 Å². The van der Waals surface area contributed by atoms with Crippen LogP contribution in [-0.4, -0.2) is 37.3 Å². The molecule has 9 nitrogen and oxygen atoms in total. The number of aromatic amines is 1. The molecule has 1 fully saturated rings. The van der Waals surface area contributed by atoms with Gasteiger partial charge in [0.05, 0.1) is 12.7 Å². The third-order valence-corrected chi connectivity index (χ3v) is 4.10. The van der Waals surface area contributed by atoms with Crippen LogP contribution in [-0.2, 0) is 13.8 Å². The summed E-state index contributed by atoms with van der Waals surface area (Å²) in [5.74, 6) is 0. The fourth-order valence-corrected chi connectivity index (χ4v) is 2.68. The average Bonchev–Trinajstić information content (AvgIpc) is 2.72. The van der Waals surface area contributed by atoms with E-state index in [4.69, 9.17) is 14.5 Å². The minimum atomic E-state index is -4.59. The molecule has 118 valence electrons. The molecule has 3 N–H and O–H groups in total. The molecule has 21 heavy (non-hydrogen) atoms. The van der Waals surface area contributed by atoms with E-state index in [-0.39, 0.29) is 11.9 Å². The van der Waals surface area contributed by atoms with Crippen molar-refractivity contribution < 1.29 is 23.6 Å². The lowest BCUT2D eigenvalue weighted by atomic mass is 10.2. The highest BCUT2D eigenvalue weighted by Gasteiger charge is 2.36. The van der Waals surface area contributed by atoms with Crippen molar-refractivity contribution in [2.75, 3.05) is 6.61 Å². The monoisotopic (exact) mass is 338 g/mol. The van der Waals surface area contributed by atoms with E-state index in [2.05, 4.69) is 22.1 Å². The largest absolute Gasteiger partial charge is 0.469 e. The van der Waals surface area contributed by atoms with Crippen LogP contribution in [0.5, 0.6) is 0 Å². The van der Waals surface area contributed by atoms with E-state index in [0.29, 0.717) is 12.0 Å². The summed E-state index contributed by atoms with van der Waals surface area (Å²) in [6.45, 7) is 1.21. The fraction of sp³-hybridized carbons (Fsp3) is 0.600. The molecule has 1 aliphatic rings. The molecule has 0 radical (unpaired) electrons. The minimum Gasteiger partial charge on any atom is -0.351 e. The summed E-state index contributed by atoms with van der Waals surface area (Å²) in [5, 5.41) is -0.360. The Morgan fingerprint density at radius 2 is 2.24 bits per heavy atom. The number of thiol groups is 1. The van der Waals surface area contributed by atoms with Gasteiger partial charge in [-0.3, -0.25) is 18.9 Å². The first-order valence-corrected chi connectivity index (χ1v) is 8.08. The number of nitrogens with one attached hydrogen (secondary N) is 1. The van der Waals surface area contributed by atoms with Crippen LogP contribution in [0.4, 0.5) is 0 Å². The highest BCUT2D eigenvalue weighted by atomic mass is 32.1. The van der Waals surface area contributed by atoms with Crippen molar-refractivity contribution in [2.24, 2.45) is 0 Å². The van der Waals surface area contributed by atoms with Crippen LogP contribution in [0.2, 0.25) is 0 Å². The molecule has 1 aromatic heterocycles. The van der Waals surface area contributed by atoms with Crippen LogP contribution in [0, 0.1) is 6.92 Å². The fourth-order valence-electron chi connectivity index (χ4n) is 2.01. The van der Waals surface area contributed by atoms with Crippen molar-refractivity contribution >= 4 is 20.5 Å². The summed E-state index contributed by atoms with van der Waals surface area (Å²) in [4.78, 5) is 42.6. The second kappa shape index (κ2) is 6.07. The quantitative estimate of drug-likeness (QED) is 0.431. The van der Waals surface area contributed by atoms with Gasteiger partial charge in [-0.2, -0.15) is 12.6 Å². The Kier molecular flexibility index (Phi) is 4.76. The van der Waals surface area contributed by atoms with E-state index >= 15 is 0 Å². The second-order valence-electron chi connectivity index (χ2n) is 4.70. The summed E-state index contributed by atoms with van der Waals surface area (Å²) in [6, 6.07) is 0. The number of phosphoric acid groups is 1. The number of H-pyrrole nitrogens is 1. The van der Waals surface area contributed by atoms with Crippen molar-refractivity contribution in [3.63, 3.8) is 0 Å². The highest BCUT2D eigenvalue weighted by molar-refractivity contribution is 7.81. The van der Waals surface area contributed by atoms with Crippen molar-refractivity contribution in [3.05, 3.63) is 32.6 Å². The van der Waals surface area contributed by atoms with Crippen LogP contribution in [0.25, 0.3) is 0 Å². The lowest BCUT2D eigenvalue weighted by Crippen LogP contribution is -2.33. The summed E-state index contributed by atoms with van der Waals surface area (Å²) in [5.41, 5.74) is -0.741. The van der Waals surface area contributed by atoms with Gasteiger partial charge in [-0.1, -0.05) is 0 Å². The maximum Gasteiger partial charge on any atom is 0.469 e. The number of hydrogen-bond donors (Lipinski definition) is 4. The molecule has 1 aromatic rings. The van der Waals surface area contributed by atoms with Crippen molar-refractivity contribution in [1.82, 2.24) is 9.55 Å². The molecule has 0 amide bonds. The maximum atomic E-state index is 11.8. The number of rotatable bonds is 4. The lowest BCUT2D eigenvalue weighted by molar-refractivity contribution is -0.0235. The molecule has 0 aromatic carbocycles. The van der Waals surface area contributed by atoms with Gasteiger partial charge >= 0.3 is 13.5 Å². The standard InChI is InChI=1S/C10H15N2O7PS/c1-5-3-12(10(14)11-9(5)13)8-2-7(21)6(19-8)4-18-20(15,16)17/h3,6-8,21H,2,4H2,1H3,(H,11,13,14)(H2,15,16,17)/t6-,7+,8-/m1/s1. The Morgan fingerprint density at radius 3 is 2.86 bits per heavy atom. The van der Waals surface area contributed by atoms with Gasteiger partial charge in [0, 0.05) is 23.4 Å². The molecule has 0 aliphatic carbocycles. The summed E-state index contributed by atoms with van der Waals surface area (Å²) >= 11 is 4.26. The van der Waals surface area contributed by atoms with E-state index in [0.717, 1.165) is 0 Å². The molecule has 1 saturated heterocycles. The molecule has 2 rings (SSSR count). The zero-order valence-corrected chi connectivity index (χ0v) is 12.8. The van der Waals surface area contributed by atoms with Crippen LogP contribution in [0.15, 0.2) is 15.8 Å². The molecule has 0 saturated carbocycles. The van der Waals surface area contributed by atoms with Gasteiger partial charge in [-0.05, 0) is 6.92 Å². The van der Waals surface area contributed by atoms with Gasteiger partial charge in [0.1, 0.15) is 6.23 Å². The zero-order valence-electron chi connectivity index (χ0n) is 11.0. The molecule has 1 aliphatic heterocycles. The van der Waals surface area contributed by atoms with Gasteiger partial charge < -0.3 is 14.5 Å². The van der Waals surface area contributed by atoms with E-state index in [1.165, 1.54) is 10.8 Å². The average molecular weight is 338 g/mol. The predicted molar refractivity (Wildman–Crippen MR) is 75.4 cm³/mol. The first kappa shape index (κ1) is 16.5. The SMILES string of the molecule is Cc1cn([C@H]2C[C@H](S)[C@@H](COP(=O)(O)O)O2)c(=O)[nH]c1=O. The lowest BCUT2D eigenvalue weighted by Gasteiger charge is -2.16. The smallest absolute Gasteiger partial charge is 0.351 e. The van der Waals surface area contributed by atoms with Gasteiger partial charge in [0.2, 0.25) is 0 Å². The number of aryl methyl sites for hydroxylation is 1. The van der Waals surface area contributed by atoms with E-state index in [1.807, 2.05) is 0 Å². The summed E-state index contributed by atoms with van der Waals surface area (Å²) in [7, 11) is -4.59. The van der Waals surface area contributed by atoms with Crippen LogP contribution in [0.1, 0.15) is 18.2 Å². The zero-order chi connectivity index (χ0) is 15.8. The van der Waals surface area contributed by atoms with E-state index in [1.54, 1.807) is 6.92 Å². The molecule has 3 atom stereocenters.